The number of pyridine rings is 1. The first-order valence-electron chi connectivity index (χ1n) is 11.4. The van der Waals surface area contributed by atoms with Crippen molar-refractivity contribution in [2.75, 3.05) is 37.7 Å². The van der Waals surface area contributed by atoms with Gasteiger partial charge in [-0.3, -0.25) is 5.41 Å². The fourth-order valence-electron chi connectivity index (χ4n) is 4.25. The van der Waals surface area contributed by atoms with Gasteiger partial charge < -0.3 is 25.0 Å². The molecule has 0 saturated carbocycles. The van der Waals surface area contributed by atoms with Crippen molar-refractivity contribution in [1.29, 1.82) is 5.41 Å². The van der Waals surface area contributed by atoms with E-state index in [0.29, 0.717) is 36.3 Å². The lowest BCUT2D eigenvalue weighted by molar-refractivity contribution is 0.280. The van der Waals surface area contributed by atoms with Gasteiger partial charge in [0.1, 0.15) is 23.3 Å². The molecule has 1 aromatic carbocycles. The molecular weight excluding hydrogens is 435 g/mol. The zero-order valence-electron chi connectivity index (χ0n) is 18.9. The molecule has 0 aliphatic carbocycles. The third-order valence-corrected chi connectivity index (χ3v) is 5.86. The summed E-state index contributed by atoms with van der Waals surface area (Å²) in [6, 6.07) is 12.1. The SMILES string of the molecule is N=C(C=Cc1ncc(-c2cccc(N(CCO)CCO)n2)[nH]1)N1CCCC1c1cccc(F)c1. The van der Waals surface area contributed by atoms with Crippen LogP contribution in [0.5, 0.6) is 0 Å². The quantitative estimate of drug-likeness (QED) is 0.286. The minimum atomic E-state index is -0.261. The second kappa shape index (κ2) is 11.0. The second-order valence-corrected chi connectivity index (χ2v) is 8.12. The first-order chi connectivity index (χ1) is 16.6. The van der Waals surface area contributed by atoms with Gasteiger partial charge in [-0.1, -0.05) is 18.2 Å². The average Bonchev–Trinajstić information content (AvgIpc) is 3.53. The third-order valence-electron chi connectivity index (χ3n) is 5.86. The van der Waals surface area contributed by atoms with Crippen LogP contribution in [0.15, 0.2) is 54.7 Å². The largest absolute Gasteiger partial charge is 0.395 e. The Bertz CT molecular complexity index is 1140. The molecule has 8 nitrogen and oxygen atoms in total. The van der Waals surface area contributed by atoms with E-state index in [1.807, 2.05) is 34.1 Å². The third kappa shape index (κ3) is 5.49. The number of anilines is 1. The monoisotopic (exact) mass is 464 g/mol. The highest BCUT2D eigenvalue weighted by Gasteiger charge is 2.27. The van der Waals surface area contributed by atoms with E-state index >= 15 is 0 Å². The summed E-state index contributed by atoms with van der Waals surface area (Å²) in [6.07, 6.45) is 6.97. The molecular formula is C25H29FN6O2. The van der Waals surface area contributed by atoms with Crippen LogP contribution in [0.1, 0.15) is 30.3 Å². The predicted molar refractivity (Wildman–Crippen MR) is 130 cm³/mol. The van der Waals surface area contributed by atoms with Crippen LogP contribution in [-0.2, 0) is 0 Å². The normalized spacial score (nSPS) is 15.9. The topological polar surface area (TPSA) is 112 Å². The van der Waals surface area contributed by atoms with Crippen molar-refractivity contribution < 1.29 is 14.6 Å². The van der Waals surface area contributed by atoms with Gasteiger partial charge in [0.25, 0.3) is 0 Å². The number of aromatic amines is 1. The number of amidine groups is 1. The number of H-pyrrole nitrogens is 1. The van der Waals surface area contributed by atoms with E-state index in [2.05, 4.69) is 15.0 Å². The van der Waals surface area contributed by atoms with Gasteiger partial charge in [0.15, 0.2) is 0 Å². The van der Waals surface area contributed by atoms with Crippen molar-refractivity contribution in [2.24, 2.45) is 0 Å². The molecule has 0 bridgehead atoms. The molecule has 2 aromatic heterocycles. The summed E-state index contributed by atoms with van der Waals surface area (Å²) in [6.45, 7) is 1.44. The summed E-state index contributed by atoms with van der Waals surface area (Å²) in [5.74, 6) is 1.35. The molecule has 3 heterocycles. The Labute approximate surface area is 197 Å². The highest BCUT2D eigenvalue weighted by molar-refractivity contribution is 5.94. The van der Waals surface area contributed by atoms with Crippen LogP contribution in [0.2, 0.25) is 0 Å². The molecule has 1 saturated heterocycles. The molecule has 4 N–H and O–H groups in total. The molecule has 1 aliphatic heterocycles. The molecule has 3 aromatic rings. The van der Waals surface area contributed by atoms with Gasteiger partial charge in [-0.25, -0.2) is 14.4 Å². The molecule has 1 unspecified atom stereocenters. The maximum atomic E-state index is 13.7. The van der Waals surface area contributed by atoms with Gasteiger partial charge in [-0.05, 0) is 54.8 Å². The van der Waals surface area contributed by atoms with Crippen molar-refractivity contribution in [1.82, 2.24) is 19.9 Å². The smallest absolute Gasteiger partial charge is 0.130 e. The van der Waals surface area contributed by atoms with Crippen LogP contribution < -0.4 is 4.90 Å². The Balaban J connectivity index is 1.46. The number of rotatable bonds is 9. The van der Waals surface area contributed by atoms with Gasteiger partial charge in [-0.2, -0.15) is 0 Å². The number of nitrogens with zero attached hydrogens (tertiary/aromatic N) is 4. The number of aromatic nitrogens is 3. The highest BCUT2D eigenvalue weighted by atomic mass is 19.1. The van der Waals surface area contributed by atoms with E-state index in [1.54, 1.807) is 30.5 Å². The highest BCUT2D eigenvalue weighted by Crippen LogP contribution is 2.32. The second-order valence-electron chi connectivity index (χ2n) is 8.12. The summed E-state index contributed by atoms with van der Waals surface area (Å²) in [5.41, 5.74) is 2.30. The number of nitrogens with one attached hydrogen (secondary N) is 2. The molecule has 178 valence electrons. The number of benzene rings is 1. The molecule has 34 heavy (non-hydrogen) atoms. The van der Waals surface area contributed by atoms with Crippen LogP contribution in [0.25, 0.3) is 17.5 Å². The molecule has 1 atom stereocenters. The minimum absolute atomic E-state index is 0.00672. The van der Waals surface area contributed by atoms with Crippen LogP contribution in [0.4, 0.5) is 10.2 Å². The molecule has 1 fully saturated rings. The first-order valence-corrected chi connectivity index (χ1v) is 11.4. The number of halogens is 1. The zero-order valence-corrected chi connectivity index (χ0v) is 18.9. The van der Waals surface area contributed by atoms with Gasteiger partial charge >= 0.3 is 0 Å². The maximum Gasteiger partial charge on any atom is 0.130 e. The van der Waals surface area contributed by atoms with E-state index < -0.39 is 0 Å². The molecule has 1 aliphatic rings. The summed E-state index contributed by atoms with van der Waals surface area (Å²) in [7, 11) is 0. The fraction of sp³-hybridized carbons (Fsp3) is 0.320. The van der Waals surface area contributed by atoms with Gasteiger partial charge in [-0.15, -0.1) is 0 Å². The van der Waals surface area contributed by atoms with Crippen molar-refractivity contribution in [3.63, 3.8) is 0 Å². The van der Waals surface area contributed by atoms with Crippen molar-refractivity contribution in [2.45, 2.75) is 18.9 Å². The Morgan fingerprint density at radius 3 is 2.76 bits per heavy atom. The number of imidazole rings is 1. The van der Waals surface area contributed by atoms with Crippen molar-refractivity contribution in [3.05, 3.63) is 71.9 Å². The summed E-state index contributed by atoms with van der Waals surface area (Å²) < 4.78 is 13.7. The average molecular weight is 465 g/mol. The lowest BCUT2D eigenvalue weighted by atomic mass is 10.0. The van der Waals surface area contributed by atoms with Crippen LogP contribution in [0.3, 0.4) is 0 Å². The molecule has 4 rings (SSSR count). The lowest BCUT2D eigenvalue weighted by Crippen LogP contribution is -2.30. The maximum absolute atomic E-state index is 13.7. The Morgan fingerprint density at radius 1 is 1.21 bits per heavy atom. The van der Waals surface area contributed by atoms with E-state index in [1.165, 1.54) is 6.07 Å². The van der Waals surface area contributed by atoms with E-state index in [0.717, 1.165) is 30.6 Å². The molecule has 0 radical (unpaired) electrons. The number of hydrogen-bond acceptors (Lipinski definition) is 6. The molecule has 0 spiro atoms. The Kier molecular flexibility index (Phi) is 7.66. The Hall–Kier alpha value is -3.56. The van der Waals surface area contributed by atoms with Gasteiger partial charge in [0.2, 0.25) is 0 Å². The van der Waals surface area contributed by atoms with Crippen LogP contribution >= 0.6 is 0 Å². The van der Waals surface area contributed by atoms with Crippen molar-refractivity contribution in [3.8, 4) is 11.4 Å². The summed E-state index contributed by atoms with van der Waals surface area (Å²) in [4.78, 5) is 16.0. The van der Waals surface area contributed by atoms with E-state index in [9.17, 15) is 14.6 Å². The van der Waals surface area contributed by atoms with Gasteiger partial charge in [0.05, 0.1) is 36.8 Å². The fourth-order valence-corrected chi connectivity index (χ4v) is 4.25. The Morgan fingerprint density at radius 2 is 2.00 bits per heavy atom. The van der Waals surface area contributed by atoms with Crippen LogP contribution in [0, 0.1) is 11.2 Å². The lowest BCUT2D eigenvalue weighted by Gasteiger charge is -2.26. The number of hydrogen-bond donors (Lipinski definition) is 4. The van der Waals surface area contributed by atoms with Gasteiger partial charge in [0, 0.05) is 19.6 Å². The zero-order chi connectivity index (χ0) is 23.9. The standard InChI is InChI=1S/C25H29FN6O2/c26-19-5-1-4-18(16-19)22-7-3-11-32(22)23(27)9-10-24-28-17-21(29-24)20-6-2-8-25(30-20)31(12-14-33)13-15-34/h1-2,4-6,8-10,16-17,22,27,33-34H,3,7,11-15H2,(H,28,29). The predicted octanol–water partition coefficient (Wildman–Crippen LogP) is 3.23. The summed E-state index contributed by atoms with van der Waals surface area (Å²) >= 11 is 0. The van der Waals surface area contributed by atoms with Crippen LogP contribution in [-0.4, -0.2) is 68.7 Å². The number of likely N-dealkylation sites (tertiary alicyclic amines) is 1. The summed E-state index contributed by atoms with van der Waals surface area (Å²) in [5, 5.41) is 27.1. The minimum Gasteiger partial charge on any atom is -0.395 e. The molecule has 9 heteroatoms. The van der Waals surface area contributed by atoms with E-state index in [4.69, 9.17) is 5.41 Å². The first kappa shape index (κ1) is 23.6. The van der Waals surface area contributed by atoms with Crippen molar-refractivity contribution >= 4 is 17.7 Å². The number of aliphatic hydroxyl groups is 2. The molecule has 0 amide bonds. The van der Waals surface area contributed by atoms with E-state index in [-0.39, 0.29) is 25.1 Å². The number of aliphatic hydroxyl groups excluding tert-OH is 2.